The van der Waals surface area contributed by atoms with E-state index in [0.29, 0.717) is 0 Å². The molecule has 0 spiro atoms. The first kappa shape index (κ1) is 40.3. The third kappa shape index (κ3) is 5.47. The average Bonchev–Trinajstić information content (AvgIpc) is 4.34. The molecule has 7 nitrogen and oxygen atoms in total. The SMILES string of the molecule is C1=CC2c3cc(-n4c5ccccc5c5ccccc54)ccc3N(c3ccc4c(c3)n3c5cc(-n6c7c(c8ccccc86)CC(n6c8ccccc8c8ccccc86)C=C7)ccc5nc3n4C3=CCCC=C3)C2C=C1. The quantitative estimate of drug-likeness (QED) is 0.172. The Morgan fingerprint density at radius 3 is 1.81 bits per heavy atom. The molecule has 17 rings (SSSR count). The number of nitrogens with zero attached hydrogens (tertiary/aromatic N) is 7. The molecule has 5 aromatic heterocycles. The van der Waals surface area contributed by atoms with Crippen LogP contribution in [-0.2, 0) is 6.42 Å². The standard InChI is InChI=1S/C67H47N7/c1-2-16-42(17-3-1)73-64-37-33-46(72-61-29-15-9-23-52(61)54-39-44(32-36-63(54)72)70-58-26-12-6-20-49(58)50-21-7-13-27-59(50)70)41-66(64)74-65-40-45(30-34-55(65)68-67(73)74)71-60-28-14-8-22-51(60)53-38-43(31-35-62(53)71)69-56-24-10-4-18-47(56)48-19-5-11-25-57(48)69/h2,4-37,39-41,43,52,61H,1,3,38H2. The van der Waals surface area contributed by atoms with Gasteiger partial charge in [-0.05, 0) is 127 Å². The van der Waals surface area contributed by atoms with E-state index in [9.17, 15) is 0 Å². The van der Waals surface area contributed by atoms with E-state index in [1.807, 2.05) is 0 Å². The van der Waals surface area contributed by atoms with Crippen molar-refractivity contribution in [2.24, 2.45) is 0 Å². The van der Waals surface area contributed by atoms with E-state index in [2.05, 4.69) is 258 Å². The van der Waals surface area contributed by atoms with Gasteiger partial charge >= 0.3 is 0 Å². The van der Waals surface area contributed by atoms with Crippen LogP contribution < -0.4 is 4.90 Å². The predicted molar refractivity (Wildman–Crippen MR) is 307 cm³/mol. The summed E-state index contributed by atoms with van der Waals surface area (Å²) < 4.78 is 12.3. The second-order valence-electron chi connectivity index (χ2n) is 20.6. The zero-order chi connectivity index (χ0) is 48.2. The fourth-order valence-corrected chi connectivity index (χ4v) is 13.7. The lowest BCUT2D eigenvalue weighted by Crippen LogP contribution is -2.28. The Morgan fingerprint density at radius 2 is 1.08 bits per heavy atom. The lowest BCUT2D eigenvalue weighted by Gasteiger charge is -2.28. The second-order valence-corrected chi connectivity index (χ2v) is 20.6. The molecule has 3 atom stereocenters. The molecule has 1 aliphatic heterocycles. The van der Waals surface area contributed by atoms with E-state index >= 15 is 0 Å². The maximum Gasteiger partial charge on any atom is 0.220 e. The highest BCUT2D eigenvalue weighted by Crippen LogP contribution is 2.50. The Morgan fingerprint density at radius 1 is 0.459 bits per heavy atom. The van der Waals surface area contributed by atoms with E-state index in [1.54, 1.807) is 0 Å². The summed E-state index contributed by atoms with van der Waals surface area (Å²) in [6.07, 6.45) is 23.9. The molecule has 0 radical (unpaired) electrons. The molecular formula is C67H47N7. The first-order valence-corrected chi connectivity index (χ1v) is 26.1. The molecule has 0 fully saturated rings. The first-order chi connectivity index (χ1) is 36.7. The molecule has 0 amide bonds. The summed E-state index contributed by atoms with van der Waals surface area (Å²) >= 11 is 0. The molecule has 13 aromatic rings. The van der Waals surface area contributed by atoms with Crippen molar-refractivity contribution in [1.29, 1.82) is 0 Å². The molecule has 6 heterocycles. The number of para-hydroxylation sites is 5. The third-order valence-corrected chi connectivity index (χ3v) is 16.8. The van der Waals surface area contributed by atoms with Gasteiger partial charge in [0.25, 0.3) is 0 Å². The van der Waals surface area contributed by atoms with Crippen molar-refractivity contribution in [3.05, 3.63) is 241 Å². The van der Waals surface area contributed by atoms with Crippen molar-refractivity contribution in [1.82, 2.24) is 27.7 Å². The highest BCUT2D eigenvalue weighted by molar-refractivity contribution is 6.10. The van der Waals surface area contributed by atoms with Crippen LogP contribution in [0.15, 0.2) is 225 Å². The molecule has 3 aliphatic carbocycles. The first-order valence-electron chi connectivity index (χ1n) is 26.1. The molecular weight excluding hydrogens is 903 g/mol. The number of hydrogen-bond acceptors (Lipinski definition) is 2. The molecule has 3 unspecified atom stereocenters. The Hall–Kier alpha value is -9.33. The van der Waals surface area contributed by atoms with Gasteiger partial charge in [-0.3, -0.25) is 8.97 Å². The summed E-state index contributed by atoms with van der Waals surface area (Å²) in [6.45, 7) is 0. The molecule has 8 aromatic carbocycles. The van der Waals surface area contributed by atoms with Crippen LogP contribution in [0.2, 0.25) is 0 Å². The van der Waals surface area contributed by atoms with Gasteiger partial charge in [-0.15, -0.1) is 0 Å². The summed E-state index contributed by atoms with van der Waals surface area (Å²) in [7, 11) is 0. The van der Waals surface area contributed by atoms with E-state index in [0.717, 1.165) is 64.2 Å². The molecule has 74 heavy (non-hydrogen) atoms. The van der Waals surface area contributed by atoms with Crippen LogP contribution >= 0.6 is 0 Å². The fourth-order valence-electron chi connectivity index (χ4n) is 13.7. The van der Waals surface area contributed by atoms with E-state index in [4.69, 9.17) is 4.98 Å². The summed E-state index contributed by atoms with van der Waals surface area (Å²) in [6, 6.07) is 65.7. The molecule has 0 N–H and O–H groups in total. The van der Waals surface area contributed by atoms with Gasteiger partial charge in [0.1, 0.15) is 0 Å². The van der Waals surface area contributed by atoms with Gasteiger partial charge in [-0.25, -0.2) is 4.98 Å². The fraction of sp³-hybridized carbons (Fsp3) is 0.0896. The van der Waals surface area contributed by atoms with Crippen LogP contribution in [0, 0.1) is 0 Å². The Labute approximate surface area is 426 Å². The number of rotatable bonds is 5. The van der Waals surface area contributed by atoms with Gasteiger partial charge in [-0.1, -0.05) is 134 Å². The number of allylic oxidation sites excluding steroid dienone is 7. The van der Waals surface area contributed by atoms with Gasteiger partial charge < -0.3 is 18.6 Å². The Bertz CT molecular complexity index is 4640. The monoisotopic (exact) mass is 949 g/mol. The largest absolute Gasteiger partial charge is 0.333 e. The van der Waals surface area contributed by atoms with Gasteiger partial charge in [0.15, 0.2) is 0 Å². The van der Waals surface area contributed by atoms with Gasteiger partial charge in [0.05, 0.1) is 50.7 Å². The Kier molecular flexibility index (Phi) is 8.22. The van der Waals surface area contributed by atoms with Crippen LogP contribution in [0.5, 0.6) is 0 Å². The molecule has 350 valence electrons. The Balaban J connectivity index is 0.834. The summed E-state index contributed by atoms with van der Waals surface area (Å²) in [5.74, 6) is 1.12. The molecule has 7 heteroatoms. The van der Waals surface area contributed by atoms with Crippen LogP contribution in [0.1, 0.15) is 41.6 Å². The maximum absolute atomic E-state index is 5.48. The van der Waals surface area contributed by atoms with Gasteiger partial charge in [0, 0.05) is 78.0 Å². The molecule has 4 aliphatic rings. The number of aromatic nitrogens is 6. The predicted octanol–water partition coefficient (Wildman–Crippen LogP) is 16.3. The van der Waals surface area contributed by atoms with E-state index in [-0.39, 0.29) is 18.0 Å². The minimum absolute atomic E-state index is 0.129. The van der Waals surface area contributed by atoms with Crippen molar-refractivity contribution < 1.29 is 0 Å². The van der Waals surface area contributed by atoms with Crippen LogP contribution in [0.4, 0.5) is 11.4 Å². The highest BCUT2D eigenvalue weighted by Gasteiger charge is 2.38. The highest BCUT2D eigenvalue weighted by atomic mass is 15.2. The second kappa shape index (κ2) is 15.1. The summed E-state index contributed by atoms with van der Waals surface area (Å²) in [5.41, 5.74) is 20.4. The van der Waals surface area contributed by atoms with E-state index < -0.39 is 0 Å². The maximum atomic E-state index is 5.48. The molecule has 0 saturated heterocycles. The average molecular weight is 950 g/mol. The number of hydrogen-bond donors (Lipinski definition) is 0. The van der Waals surface area contributed by atoms with Crippen LogP contribution in [0.25, 0.3) is 106 Å². The van der Waals surface area contributed by atoms with Crippen molar-refractivity contribution in [3.63, 3.8) is 0 Å². The van der Waals surface area contributed by atoms with Crippen molar-refractivity contribution in [2.45, 2.75) is 37.3 Å². The van der Waals surface area contributed by atoms with E-state index in [1.165, 1.54) is 82.7 Å². The van der Waals surface area contributed by atoms with Crippen LogP contribution in [-0.4, -0.2) is 33.7 Å². The summed E-state index contributed by atoms with van der Waals surface area (Å²) in [4.78, 5) is 8.05. The van der Waals surface area contributed by atoms with Crippen molar-refractivity contribution >= 4 is 106 Å². The summed E-state index contributed by atoms with van der Waals surface area (Å²) in [5, 5.41) is 6.45. The molecule has 0 bridgehead atoms. The number of anilines is 2. The lowest BCUT2D eigenvalue weighted by molar-refractivity contribution is 0.636. The molecule has 0 saturated carbocycles. The van der Waals surface area contributed by atoms with Crippen molar-refractivity contribution in [2.75, 3.05) is 4.90 Å². The lowest BCUT2D eigenvalue weighted by atomic mass is 9.91. The number of fused-ring (bicyclic) bond motifs is 17. The number of benzene rings is 8. The van der Waals surface area contributed by atoms with Crippen LogP contribution in [0.3, 0.4) is 0 Å². The van der Waals surface area contributed by atoms with Gasteiger partial charge in [-0.2, -0.15) is 0 Å². The topological polar surface area (TPSA) is 40.3 Å². The van der Waals surface area contributed by atoms with Crippen molar-refractivity contribution in [3.8, 4) is 11.4 Å². The van der Waals surface area contributed by atoms with Gasteiger partial charge in [0.2, 0.25) is 5.78 Å². The number of imidazole rings is 2. The minimum atomic E-state index is 0.129. The normalized spacial score (nSPS) is 18.1. The zero-order valence-corrected chi connectivity index (χ0v) is 40.4. The third-order valence-electron chi connectivity index (χ3n) is 16.8. The smallest absolute Gasteiger partial charge is 0.220 e. The minimum Gasteiger partial charge on any atom is -0.333 e. The zero-order valence-electron chi connectivity index (χ0n) is 40.4.